The van der Waals surface area contributed by atoms with E-state index in [-0.39, 0.29) is 0 Å². The maximum Gasteiger partial charge on any atom is 0.416 e. The first-order valence-electron chi connectivity index (χ1n) is 5.18. The van der Waals surface area contributed by atoms with Crippen molar-refractivity contribution in [1.82, 2.24) is 0 Å². The summed E-state index contributed by atoms with van der Waals surface area (Å²) in [4.78, 5) is 1.89. The SMILES string of the molecule is FC(F)(F)c1ccc(Br)c(N2CCOCC2)c1. The fourth-order valence-electron chi connectivity index (χ4n) is 1.74. The van der Waals surface area contributed by atoms with Crippen LogP contribution in [0.2, 0.25) is 0 Å². The lowest BCUT2D eigenvalue weighted by molar-refractivity contribution is -0.137. The Labute approximate surface area is 105 Å². The van der Waals surface area contributed by atoms with Crippen molar-refractivity contribution in [1.29, 1.82) is 0 Å². The van der Waals surface area contributed by atoms with E-state index in [0.29, 0.717) is 36.5 Å². The van der Waals surface area contributed by atoms with Crippen molar-refractivity contribution < 1.29 is 17.9 Å². The number of nitrogens with zero attached hydrogens (tertiary/aromatic N) is 1. The Morgan fingerprint density at radius 2 is 1.82 bits per heavy atom. The number of benzene rings is 1. The van der Waals surface area contributed by atoms with Gasteiger partial charge in [-0.1, -0.05) is 0 Å². The molecule has 17 heavy (non-hydrogen) atoms. The van der Waals surface area contributed by atoms with Crippen molar-refractivity contribution in [2.45, 2.75) is 6.18 Å². The molecule has 1 aromatic carbocycles. The average Bonchev–Trinajstić information content (AvgIpc) is 2.29. The molecule has 94 valence electrons. The number of morpholine rings is 1. The third kappa shape index (κ3) is 2.93. The first kappa shape index (κ1) is 12.7. The lowest BCUT2D eigenvalue weighted by Gasteiger charge is -2.30. The van der Waals surface area contributed by atoms with Gasteiger partial charge in [0.2, 0.25) is 0 Å². The monoisotopic (exact) mass is 309 g/mol. The molecule has 0 bridgehead atoms. The molecule has 1 heterocycles. The van der Waals surface area contributed by atoms with Gasteiger partial charge in [0.25, 0.3) is 0 Å². The van der Waals surface area contributed by atoms with E-state index in [0.717, 1.165) is 6.07 Å². The lowest BCUT2D eigenvalue weighted by atomic mass is 10.1. The maximum atomic E-state index is 12.6. The molecule has 1 saturated heterocycles. The molecule has 6 heteroatoms. The minimum Gasteiger partial charge on any atom is -0.378 e. The molecule has 2 nitrogen and oxygen atoms in total. The van der Waals surface area contributed by atoms with E-state index in [1.807, 2.05) is 4.90 Å². The molecule has 1 fully saturated rings. The van der Waals surface area contributed by atoms with Crippen LogP contribution in [0.25, 0.3) is 0 Å². The van der Waals surface area contributed by atoms with Crippen LogP contribution in [0.5, 0.6) is 0 Å². The molecule has 0 radical (unpaired) electrons. The zero-order valence-electron chi connectivity index (χ0n) is 8.93. The minimum atomic E-state index is -4.30. The molecule has 1 aliphatic heterocycles. The highest BCUT2D eigenvalue weighted by Crippen LogP contribution is 2.35. The molecular weight excluding hydrogens is 299 g/mol. The van der Waals surface area contributed by atoms with Gasteiger partial charge in [0.05, 0.1) is 24.5 Å². The Morgan fingerprint density at radius 3 is 2.41 bits per heavy atom. The highest BCUT2D eigenvalue weighted by molar-refractivity contribution is 9.10. The molecule has 2 rings (SSSR count). The Bertz CT molecular complexity index is 402. The largest absolute Gasteiger partial charge is 0.416 e. The molecule has 1 aliphatic rings. The maximum absolute atomic E-state index is 12.6. The molecule has 0 N–H and O–H groups in total. The molecule has 0 aromatic heterocycles. The molecule has 0 amide bonds. The van der Waals surface area contributed by atoms with E-state index < -0.39 is 11.7 Å². The molecule has 0 unspecified atom stereocenters. The number of hydrogen-bond donors (Lipinski definition) is 0. The van der Waals surface area contributed by atoms with Gasteiger partial charge in [-0.05, 0) is 34.1 Å². The van der Waals surface area contributed by atoms with Gasteiger partial charge in [0.15, 0.2) is 0 Å². The first-order valence-corrected chi connectivity index (χ1v) is 5.97. The molecule has 0 saturated carbocycles. The Morgan fingerprint density at radius 1 is 1.18 bits per heavy atom. The molecular formula is C11H11BrF3NO. The van der Waals surface area contributed by atoms with Gasteiger partial charge in [-0.25, -0.2) is 0 Å². The van der Waals surface area contributed by atoms with E-state index in [1.54, 1.807) is 0 Å². The summed E-state index contributed by atoms with van der Waals surface area (Å²) in [6, 6.07) is 3.69. The minimum absolute atomic E-state index is 0.544. The highest BCUT2D eigenvalue weighted by Gasteiger charge is 2.31. The summed E-state index contributed by atoms with van der Waals surface area (Å²) in [5.74, 6) is 0. The van der Waals surface area contributed by atoms with Crippen LogP contribution in [0, 0.1) is 0 Å². The second kappa shape index (κ2) is 4.86. The van der Waals surface area contributed by atoms with Crippen LogP contribution in [0.4, 0.5) is 18.9 Å². The summed E-state index contributed by atoms with van der Waals surface area (Å²) in [5.41, 5.74) is -0.0506. The van der Waals surface area contributed by atoms with E-state index in [4.69, 9.17) is 4.74 Å². The van der Waals surface area contributed by atoms with Gasteiger partial charge >= 0.3 is 6.18 Å². The van der Waals surface area contributed by atoms with Gasteiger partial charge in [-0.3, -0.25) is 0 Å². The van der Waals surface area contributed by atoms with Crippen molar-refractivity contribution in [3.63, 3.8) is 0 Å². The number of rotatable bonds is 1. The molecule has 0 spiro atoms. The summed E-state index contributed by atoms with van der Waals surface area (Å²) in [6.45, 7) is 2.31. The van der Waals surface area contributed by atoms with Gasteiger partial charge in [-0.15, -0.1) is 0 Å². The number of anilines is 1. The molecule has 0 atom stereocenters. The third-order valence-electron chi connectivity index (χ3n) is 2.63. The Kier molecular flexibility index (Phi) is 3.63. The standard InChI is InChI=1S/C11H11BrF3NO/c12-9-2-1-8(11(13,14)15)7-10(9)16-3-5-17-6-4-16/h1-2,7H,3-6H2. The van der Waals surface area contributed by atoms with Crippen LogP contribution in [-0.2, 0) is 10.9 Å². The number of hydrogen-bond acceptors (Lipinski definition) is 2. The summed E-state index contributed by atoms with van der Waals surface area (Å²) in [5, 5.41) is 0. The van der Waals surface area contributed by atoms with E-state index in [1.165, 1.54) is 12.1 Å². The van der Waals surface area contributed by atoms with Crippen LogP contribution in [0.15, 0.2) is 22.7 Å². The quantitative estimate of drug-likeness (QED) is 0.789. The summed E-state index contributed by atoms with van der Waals surface area (Å²) >= 11 is 3.28. The van der Waals surface area contributed by atoms with Crippen LogP contribution >= 0.6 is 15.9 Å². The number of halogens is 4. The van der Waals surface area contributed by atoms with Crippen LogP contribution in [-0.4, -0.2) is 26.3 Å². The van der Waals surface area contributed by atoms with Crippen molar-refractivity contribution in [3.05, 3.63) is 28.2 Å². The lowest BCUT2D eigenvalue weighted by Crippen LogP contribution is -2.36. The zero-order chi connectivity index (χ0) is 12.5. The highest BCUT2D eigenvalue weighted by atomic mass is 79.9. The van der Waals surface area contributed by atoms with Crippen LogP contribution < -0.4 is 4.90 Å². The average molecular weight is 310 g/mol. The van der Waals surface area contributed by atoms with Gasteiger partial charge < -0.3 is 9.64 Å². The Hall–Kier alpha value is -0.750. The van der Waals surface area contributed by atoms with Crippen LogP contribution in [0.1, 0.15) is 5.56 Å². The molecule has 0 aliphatic carbocycles. The van der Waals surface area contributed by atoms with E-state index >= 15 is 0 Å². The van der Waals surface area contributed by atoms with Crippen molar-refractivity contribution in [2.24, 2.45) is 0 Å². The fourth-order valence-corrected chi connectivity index (χ4v) is 2.23. The number of ether oxygens (including phenoxy) is 1. The summed E-state index contributed by atoms with van der Waals surface area (Å²) in [7, 11) is 0. The second-order valence-electron chi connectivity index (χ2n) is 3.76. The normalized spacial score (nSPS) is 17.3. The van der Waals surface area contributed by atoms with Gasteiger partial charge in [0.1, 0.15) is 0 Å². The van der Waals surface area contributed by atoms with E-state index in [2.05, 4.69) is 15.9 Å². The second-order valence-corrected chi connectivity index (χ2v) is 4.62. The van der Waals surface area contributed by atoms with Crippen molar-refractivity contribution in [3.8, 4) is 0 Å². The predicted molar refractivity (Wildman–Crippen MR) is 62.2 cm³/mol. The smallest absolute Gasteiger partial charge is 0.378 e. The molecule has 1 aromatic rings. The summed E-state index contributed by atoms with van der Waals surface area (Å²) < 4.78 is 43.7. The van der Waals surface area contributed by atoms with E-state index in [9.17, 15) is 13.2 Å². The summed E-state index contributed by atoms with van der Waals surface area (Å²) in [6.07, 6.45) is -4.30. The predicted octanol–water partition coefficient (Wildman–Crippen LogP) is 3.30. The number of alkyl halides is 3. The first-order chi connectivity index (χ1) is 7.98. The van der Waals surface area contributed by atoms with Gasteiger partial charge in [-0.2, -0.15) is 13.2 Å². The fraction of sp³-hybridized carbons (Fsp3) is 0.455. The topological polar surface area (TPSA) is 12.5 Å². The Balaban J connectivity index is 2.31. The van der Waals surface area contributed by atoms with Crippen LogP contribution in [0.3, 0.4) is 0 Å². The zero-order valence-corrected chi connectivity index (χ0v) is 10.5. The van der Waals surface area contributed by atoms with Crippen molar-refractivity contribution >= 4 is 21.6 Å². The third-order valence-corrected chi connectivity index (χ3v) is 3.30. The van der Waals surface area contributed by atoms with Crippen molar-refractivity contribution in [2.75, 3.05) is 31.2 Å². The van der Waals surface area contributed by atoms with Gasteiger partial charge in [0, 0.05) is 17.6 Å².